The molecule has 0 aliphatic heterocycles. The van der Waals surface area contributed by atoms with E-state index in [1.54, 1.807) is 61.6 Å². The van der Waals surface area contributed by atoms with Gasteiger partial charge < -0.3 is 108 Å². The van der Waals surface area contributed by atoms with Gasteiger partial charge in [0.1, 0.15) is 66.5 Å². The zero-order valence-corrected chi connectivity index (χ0v) is 63.1. The Hall–Kier alpha value is -8.92. The number of rotatable bonds is 56. The molecule has 0 bridgehead atoms. The van der Waals surface area contributed by atoms with Crippen molar-refractivity contribution < 1.29 is 102 Å². The second-order valence-corrected chi connectivity index (χ2v) is 28.6. The summed E-state index contributed by atoms with van der Waals surface area (Å²) in [6.07, 6.45) is -1.38. The fourth-order valence-electron chi connectivity index (χ4n) is 10.1. The number of amides is 15. The Morgan fingerprint density at radius 2 is 0.724 bits per heavy atom. The van der Waals surface area contributed by atoms with Crippen LogP contribution < -0.4 is 92.5 Å². The predicted octanol–water partition coefficient (Wildman–Crippen LogP) is -4.59. The van der Waals surface area contributed by atoms with Crippen molar-refractivity contribution in [2.24, 2.45) is 52.3 Å². The van der Waals surface area contributed by atoms with Gasteiger partial charge in [-0.1, -0.05) is 61.8 Å². The van der Waals surface area contributed by atoms with Gasteiger partial charge in [0.15, 0.2) is 0 Å². The number of carboxylic acid groups (broad SMARTS) is 3. The van der Waals surface area contributed by atoms with Crippen LogP contribution >= 0.6 is 23.5 Å². The van der Waals surface area contributed by atoms with Crippen molar-refractivity contribution in [1.82, 2.24) is 63.8 Å². The first-order valence-electron chi connectivity index (χ1n) is 34.7. The lowest BCUT2D eigenvalue weighted by Gasteiger charge is -2.30. The molecule has 0 radical (unpaired) electrons. The molecule has 105 heavy (non-hydrogen) atoms. The highest BCUT2D eigenvalue weighted by molar-refractivity contribution is 7.98. The van der Waals surface area contributed by atoms with E-state index in [0.717, 1.165) is 0 Å². The van der Waals surface area contributed by atoms with Crippen LogP contribution in [-0.4, -0.2) is 231 Å². The number of carbonyl (C=O) groups is 18. The summed E-state index contributed by atoms with van der Waals surface area (Å²) in [4.78, 5) is 239. The Balaban J connectivity index is 7.16. The molecule has 38 nitrogen and oxygen atoms in total. The van der Waals surface area contributed by atoms with Crippen molar-refractivity contribution in [2.75, 3.05) is 37.1 Å². The second kappa shape index (κ2) is 51.3. The van der Waals surface area contributed by atoms with Crippen LogP contribution in [0.4, 0.5) is 0 Å². The average Bonchev–Trinajstić information content (AvgIpc) is 0.855. The van der Waals surface area contributed by atoms with Gasteiger partial charge in [-0.15, -0.1) is 0 Å². The monoisotopic (exact) mass is 1530 g/mol. The standard InChI is InChI=1S/C65H113N17O21S2/c1-11-35(8)53(64(101)76-40(22-25-105-10)58(95)78-44(28-34(6)7)61(98)77-41(65(102)103)16-19-48(69)84)82-63(100)46(30-52(89)90)81-55(92)37(14-12-13-23-66)73-60(97)43(27-33(4)5)79-62(99)45(29-49(70)85)80-57(94)39(17-20-51(87)88)74-56(93)38(15-18-47(68)83)75-59(96)42(26-32(2)3)72-50(86)31-71-54(91)36(67)21-24-104-9/h32-46,53H,11-31,66-67H2,1-10H3,(H2,68,83)(H2,69,84)(H2,70,85)(H,71,91)(H,72,86)(H,73,97)(H,74,93)(H,75,96)(H,76,101)(H,77,98)(H,78,95)(H,79,99)(H,80,94)(H,81,92)(H,82,100)(H,87,88)(H,89,90)(H,102,103)/t35-,36-,37-,38-,39-,40-,41-,42-,43-,44-,45-,46-,53-/m0/s1. The van der Waals surface area contributed by atoms with E-state index in [1.807, 2.05) is 6.26 Å². The molecule has 25 N–H and O–H groups in total. The molecule has 0 rings (SSSR count). The summed E-state index contributed by atoms with van der Waals surface area (Å²) in [5.41, 5.74) is 27.8. The summed E-state index contributed by atoms with van der Waals surface area (Å²) >= 11 is 2.75. The molecule has 596 valence electrons. The van der Waals surface area contributed by atoms with Gasteiger partial charge in [0, 0.05) is 19.3 Å². The molecule has 13 atom stereocenters. The minimum Gasteiger partial charge on any atom is -0.481 e. The fourth-order valence-corrected chi connectivity index (χ4v) is 11.1. The summed E-state index contributed by atoms with van der Waals surface area (Å²) in [6.45, 7) is 12.9. The van der Waals surface area contributed by atoms with E-state index >= 15 is 0 Å². The molecule has 0 aliphatic rings. The van der Waals surface area contributed by atoms with Crippen molar-refractivity contribution in [1.29, 1.82) is 0 Å². The summed E-state index contributed by atoms with van der Waals surface area (Å²) in [5.74, 6) is -20.6. The average molecular weight is 1530 g/mol. The van der Waals surface area contributed by atoms with E-state index in [1.165, 1.54) is 23.5 Å². The zero-order chi connectivity index (χ0) is 80.4. The van der Waals surface area contributed by atoms with Crippen molar-refractivity contribution in [2.45, 2.75) is 237 Å². The normalized spacial score (nSPS) is 14.9. The van der Waals surface area contributed by atoms with E-state index in [9.17, 15) is 102 Å². The molecule has 40 heteroatoms. The first kappa shape index (κ1) is 96.1. The number of hydrogen-bond donors (Lipinski definition) is 20. The number of unbranched alkanes of at least 4 members (excludes halogenated alkanes) is 1. The Morgan fingerprint density at radius 3 is 1.12 bits per heavy atom. The first-order valence-corrected chi connectivity index (χ1v) is 37.5. The van der Waals surface area contributed by atoms with Gasteiger partial charge in [0.2, 0.25) is 88.6 Å². The number of carboxylic acids is 3. The number of aliphatic carboxylic acids is 3. The van der Waals surface area contributed by atoms with Crippen LogP contribution in [-0.2, 0) is 86.3 Å². The number of nitrogens with two attached hydrogens (primary N) is 5. The van der Waals surface area contributed by atoms with Crippen LogP contribution in [0.5, 0.6) is 0 Å². The minimum absolute atomic E-state index is 0.00282. The number of primary amides is 3. The Kier molecular flexibility index (Phi) is 46.9. The summed E-state index contributed by atoms with van der Waals surface area (Å²) in [5, 5.41) is 58.6. The lowest BCUT2D eigenvalue weighted by Crippen LogP contribution is -2.61. The van der Waals surface area contributed by atoms with Crippen LogP contribution in [0.15, 0.2) is 0 Å². The van der Waals surface area contributed by atoms with Crippen LogP contribution in [0.1, 0.15) is 165 Å². The highest BCUT2D eigenvalue weighted by atomic mass is 32.2. The molecule has 0 fully saturated rings. The van der Waals surface area contributed by atoms with Crippen molar-refractivity contribution >= 4 is 130 Å². The maximum absolute atomic E-state index is 14.5. The van der Waals surface area contributed by atoms with E-state index < -0.39 is 236 Å². The minimum atomic E-state index is -1.98. The number of nitrogens with one attached hydrogen (secondary N) is 12. The quantitative estimate of drug-likeness (QED) is 0.0255. The van der Waals surface area contributed by atoms with Crippen molar-refractivity contribution in [3.63, 3.8) is 0 Å². The molecule has 0 aromatic heterocycles. The predicted molar refractivity (Wildman–Crippen MR) is 386 cm³/mol. The number of hydrogen-bond acceptors (Lipinski definition) is 22. The summed E-state index contributed by atoms with van der Waals surface area (Å²) < 4.78 is 0. The lowest BCUT2D eigenvalue weighted by molar-refractivity contribution is -0.143. The molecular weight excluding hydrogens is 1420 g/mol. The van der Waals surface area contributed by atoms with Crippen LogP contribution in [0.2, 0.25) is 0 Å². The van der Waals surface area contributed by atoms with Gasteiger partial charge in [-0.3, -0.25) is 81.5 Å². The molecule has 0 saturated carbocycles. The van der Waals surface area contributed by atoms with Crippen molar-refractivity contribution in [3.8, 4) is 0 Å². The van der Waals surface area contributed by atoms with Gasteiger partial charge in [-0.25, -0.2) is 4.79 Å². The molecule has 0 saturated heterocycles. The van der Waals surface area contributed by atoms with Gasteiger partial charge in [-0.05, 0) is 125 Å². The van der Waals surface area contributed by atoms with Crippen LogP contribution in [0.25, 0.3) is 0 Å². The zero-order valence-electron chi connectivity index (χ0n) is 61.5. The van der Waals surface area contributed by atoms with E-state index in [-0.39, 0.29) is 88.3 Å². The molecule has 0 unspecified atom stereocenters. The maximum Gasteiger partial charge on any atom is 0.326 e. The van der Waals surface area contributed by atoms with Crippen LogP contribution in [0, 0.1) is 23.7 Å². The first-order chi connectivity index (χ1) is 49.1. The van der Waals surface area contributed by atoms with Gasteiger partial charge >= 0.3 is 17.9 Å². The van der Waals surface area contributed by atoms with E-state index in [0.29, 0.717) is 12.2 Å². The third-order valence-corrected chi connectivity index (χ3v) is 17.3. The van der Waals surface area contributed by atoms with E-state index in [2.05, 4.69) is 63.8 Å². The van der Waals surface area contributed by atoms with Gasteiger partial charge in [0.25, 0.3) is 0 Å². The second-order valence-electron chi connectivity index (χ2n) is 26.7. The number of carbonyl (C=O) groups excluding carboxylic acids is 15. The molecule has 0 aliphatic carbocycles. The molecule has 15 amide bonds. The molecular formula is C65H113N17O21S2. The third-order valence-electron chi connectivity index (χ3n) is 16.0. The molecule has 0 heterocycles. The molecule has 0 aromatic rings. The Labute approximate surface area is 619 Å². The van der Waals surface area contributed by atoms with Gasteiger partial charge in [0.05, 0.1) is 25.4 Å². The number of thioether (sulfide) groups is 2. The maximum atomic E-state index is 14.5. The summed E-state index contributed by atoms with van der Waals surface area (Å²) in [7, 11) is 0. The molecule has 0 spiro atoms. The molecule has 0 aromatic carbocycles. The largest absolute Gasteiger partial charge is 0.481 e. The SMILES string of the molecule is CC[C@H](C)[C@H](NC(=O)[C@H](CC(=O)O)NC(=O)[C@H](CCCCN)NC(=O)[C@H](CC(C)C)NC(=O)[C@H](CC(N)=O)NC(=O)[C@H](CCC(=O)O)NC(=O)[C@H](CCC(N)=O)NC(=O)[C@H](CC(C)C)NC(=O)CNC(=O)[C@@H](N)CCSC)C(=O)N[C@@H](CCSC)C(=O)N[C@@H](CC(C)C)C(=O)N[C@@H](CCC(N)=O)C(=O)O. The fraction of sp³-hybridized carbons (Fsp3) is 0.723. The highest BCUT2D eigenvalue weighted by Gasteiger charge is 2.39. The Morgan fingerprint density at radius 1 is 0.371 bits per heavy atom. The van der Waals surface area contributed by atoms with E-state index in [4.69, 9.17) is 28.7 Å². The lowest BCUT2D eigenvalue weighted by atomic mass is 9.96. The van der Waals surface area contributed by atoms with Gasteiger partial charge in [-0.2, -0.15) is 23.5 Å². The van der Waals surface area contributed by atoms with Crippen LogP contribution in [0.3, 0.4) is 0 Å². The third kappa shape index (κ3) is 40.8. The van der Waals surface area contributed by atoms with Crippen molar-refractivity contribution in [3.05, 3.63) is 0 Å². The Bertz CT molecular complexity index is 2970. The highest BCUT2D eigenvalue weighted by Crippen LogP contribution is 2.16. The topological polar surface area (TPSA) is 642 Å². The summed E-state index contributed by atoms with van der Waals surface area (Å²) in [6, 6.07) is -18.9. The smallest absolute Gasteiger partial charge is 0.326 e.